The Morgan fingerprint density at radius 1 is 1.07 bits per heavy atom. The Bertz CT molecular complexity index is 1570. The molecule has 0 radical (unpaired) electrons. The second kappa shape index (κ2) is 11.2. The van der Waals surface area contributed by atoms with Crippen molar-refractivity contribution in [3.63, 3.8) is 0 Å². The molecule has 3 aromatic rings. The molecule has 11 heteroatoms. The second-order valence-electron chi connectivity index (χ2n) is 12.3. The number of ether oxygens (including phenoxy) is 1. The van der Waals surface area contributed by atoms with E-state index in [1.54, 1.807) is 44.9 Å². The Morgan fingerprint density at radius 2 is 1.74 bits per heavy atom. The number of hydrogen-bond acceptors (Lipinski definition) is 6. The van der Waals surface area contributed by atoms with E-state index in [0.29, 0.717) is 72.1 Å². The summed E-state index contributed by atoms with van der Waals surface area (Å²) in [4.78, 5) is 18.0. The van der Waals surface area contributed by atoms with Gasteiger partial charge in [-0.05, 0) is 70.5 Å². The molecule has 1 aliphatic carbocycles. The van der Waals surface area contributed by atoms with E-state index in [9.17, 15) is 13.2 Å². The van der Waals surface area contributed by atoms with Crippen LogP contribution < -0.4 is 9.80 Å². The average molecular weight is 632 g/mol. The van der Waals surface area contributed by atoms with Crippen molar-refractivity contribution in [2.45, 2.75) is 31.1 Å². The van der Waals surface area contributed by atoms with Crippen molar-refractivity contribution in [2.24, 2.45) is 17.8 Å². The lowest BCUT2D eigenvalue weighted by Gasteiger charge is -2.30. The first kappa shape index (κ1) is 29.6. The van der Waals surface area contributed by atoms with Crippen LogP contribution in [0.2, 0.25) is 5.02 Å². The molecule has 3 fully saturated rings. The van der Waals surface area contributed by atoms with Crippen LogP contribution in [-0.2, 0) is 20.2 Å². The third-order valence-corrected chi connectivity index (χ3v) is 11.9. The lowest BCUT2D eigenvalue weighted by Crippen LogP contribution is -2.37. The predicted molar refractivity (Wildman–Crippen MR) is 165 cm³/mol. The third-order valence-electron chi connectivity index (χ3n) is 8.74. The molecular formula is C31H35ClFN3O4S2. The lowest BCUT2D eigenvalue weighted by atomic mass is 9.87. The first-order valence-corrected chi connectivity index (χ1v) is 16.9. The number of piperidine rings is 1. The van der Waals surface area contributed by atoms with E-state index in [-0.39, 0.29) is 29.1 Å². The topological polar surface area (TPSA) is 70.2 Å². The highest BCUT2D eigenvalue weighted by Gasteiger charge is 2.58. The Kier molecular flexibility index (Phi) is 7.89. The van der Waals surface area contributed by atoms with E-state index in [0.717, 1.165) is 5.56 Å². The van der Waals surface area contributed by atoms with Crippen LogP contribution in [0.3, 0.4) is 0 Å². The molecule has 2 aliphatic heterocycles. The highest BCUT2D eigenvalue weighted by molar-refractivity contribution is 7.89. The molecule has 42 heavy (non-hydrogen) atoms. The maximum Gasteiger partial charge on any atom is 0.269 e. The Hall–Kier alpha value is -2.50. The van der Waals surface area contributed by atoms with Crippen molar-refractivity contribution in [3.8, 4) is 0 Å². The zero-order chi connectivity index (χ0) is 29.8. The number of thiophene rings is 1. The lowest BCUT2D eigenvalue weighted by molar-refractivity contribution is 0.0988. The monoisotopic (exact) mass is 631 g/mol. The van der Waals surface area contributed by atoms with E-state index in [1.807, 2.05) is 17.0 Å². The van der Waals surface area contributed by atoms with Gasteiger partial charge in [-0.2, -0.15) is 4.31 Å². The number of carbonyl (C=O) groups is 1. The van der Waals surface area contributed by atoms with Gasteiger partial charge in [0, 0.05) is 38.4 Å². The van der Waals surface area contributed by atoms with Gasteiger partial charge in [-0.15, -0.1) is 11.3 Å². The fourth-order valence-corrected chi connectivity index (χ4v) is 8.76. The molecule has 7 nitrogen and oxygen atoms in total. The zero-order valence-corrected chi connectivity index (χ0v) is 26.3. The normalized spacial score (nSPS) is 22.7. The maximum absolute atomic E-state index is 15.4. The highest BCUT2D eigenvalue weighted by atomic mass is 35.5. The number of hydrogen-bond donors (Lipinski definition) is 0. The molecule has 0 N–H and O–H groups in total. The van der Waals surface area contributed by atoms with Gasteiger partial charge in [-0.1, -0.05) is 44.5 Å². The predicted octanol–water partition coefficient (Wildman–Crippen LogP) is 5.89. The smallest absolute Gasteiger partial charge is 0.269 e. The van der Waals surface area contributed by atoms with Crippen LogP contribution in [0.25, 0.3) is 0 Å². The van der Waals surface area contributed by atoms with Crippen molar-refractivity contribution in [2.75, 3.05) is 55.7 Å². The number of morpholine rings is 1. The largest absolute Gasteiger partial charge is 0.378 e. The van der Waals surface area contributed by atoms with Crippen LogP contribution in [-0.4, -0.2) is 64.6 Å². The fraction of sp³-hybridized carbons (Fsp3) is 0.452. The molecule has 3 heterocycles. The molecule has 0 spiro atoms. The van der Waals surface area contributed by atoms with E-state index in [2.05, 4.69) is 20.8 Å². The molecule has 224 valence electrons. The fourth-order valence-electron chi connectivity index (χ4n) is 6.16. The van der Waals surface area contributed by atoms with Crippen LogP contribution >= 0.6 is 22.9 Å². The molecule has 2 aromatic carbocycles. The molecule has 1 saturated carbocycles. The van der Waals surface area contributed by atoms with Crippen molar-refractivity contribution >= 4 is 50.2 Å². The molecule has 3 aliphatic rings. The molecule has 1 amide bonds. The van der Waals surface area contributed by atoms with Crippen molar-refractivity contribution in [3.05, 3.63) is 75.2 Å². The summed E-state index contributed by atoms with van der Waals surface area (Å²) in [5.41, 5.74) is 1.97. The first-order chi connectivity index (χ1) is 19.9. The zero-order valence-electron chi connectivity index (χ0n) is 23.9. The minimum atomic E-state index is -3.61. The SMILES string of the molecule is CC(C)(C)c1ccc(S(=O)(=O)N2CC3C(CN(C(=O)c4sccc4Cl)c4ccc(N5CCOCC5)c(F)c4)C3C2)cc1. The Morgan fingerprint density at radius 3 is 2.31 bits per heavy atom. The van der Waals surface area contributed by atoms with Gasteiger partial charge in [0.1, 0.15) is 10.7 Å². The van der Waals surface area contributed by atoms with Gasteiger partial charge in [0.25, 0.3) is 5.91 Å². The standard InChI is InChI=1S/C31H35ClFN3O4S2/c1-31(2,3)20-4-7-22(8-5-20)42(38,39)35-17-23-24(18-35)25(23)19-36(30(37)29-26(32)10-15-41-29)21-6-9-28(27(33)16-21)34-11-13-40-14-12-34/h4-10,15-16,23-25H,11-14,17-19H2,1-3H3. The van der Waals surface area contributed by atoms with Crippen molar-refractivity contribution in [1.29, 1.82) is 0 Å². The number of amides is 1. The molecule has 2 unspecified atom stereocenters. The van der Waals surface area contributed by atoms with Crippen LogP contribution in [0.1, 0.15) is 36.0 Å². The summed E-state index contributed by atoms with van der Waals surface area (Å²) >= 11 is 7.59. The van der Waals surface area contributed by atoms with Crippen molar-refractivity contribution < 1.29 is 22.3 Å². The number of rotatable bonds is 7. The number of sulfonamides is 1. The van der Waals surface area contributed by atoms with Crippen LogP contribution in [0, 0.1) is 23.6 Å². The van der Waals surface area contributed by atoms with Crippen LogP contribution in [0.4, 0.5) is 15.8 Å². The van der Waals surface area contributed by atoms with Gasteiger partial charge in [-0.3, -0.25) is 4.79 Å². The number of benzene rings is 2. The minimum absolute atomic E-state index is 0.0623. The summed E-state index contributed by atoms with van der Waals surface area (Å²) in [7, 11) is -3.61. The van der Waals surface area contributed by atoms with Gasteiger partial charge in [0.2, 0.25) is 10.0 Å². The van der Waals surface area contributed by atoms with Crippen molar-refractivity contribution in [1.82, 2.24) is 4.31 Å². The summed E-state index contributed by atoms with van der Waals surface area (Å²) in [6.45, 7) is 9.77. The van der Waals surface area contributed by atoms with Gasteiger partial charge < -0.3 is 14.5 Å². The molecular weight excluding hydrogens is 597 g/mol. The number of nitrogens with zero attached hydrogens (tertiary/aromatic N) is 3. The molecule has 1 aromatic heterocycles. The van der Waals surface area contributed by atoms with Crippen LogP contribution in [0.5, 0.6) is 0 Å². The van der Waals surface area contributed by atoms with E-state index in [4.69, 9.17) is 16.3 Å². The number of fused-ring (bicyclic) bond motifs is 1. The number of halogens is 2. The summed E-state index contributed by atoms with van der Waals surface area (Å²) < 4.78 is 49.1. The third kappa shape index (κ3) is 5.59. The Labute approximate surface area is 255 Å². The minimum Gasteiger partial charge on any atom is -0.378 e. The number of anilines is 2. The first-order valence-electron chi connectivity index (χ1n) is 14.2. The van der Waals surface area contributed by atoms with Crippen LogP contribution in [0.15, 0.2) is 58.8 Å². The number of carbonyl (C=O) groups excluding carboxylic acids is 1. The average Bonchev–Trinajstić information content (AvgIpc) is 3.27. The molecule has 2 atom stereocenters. The summed E-state index contributed by atoms with van der Waals surface area (Å²) in [6.07, 6.45) is 0. The quantitative estimate of drug-likeness (QED) is 0.325. The van der Waals surface area contributed by atoms with E-state index < -0.39 is 15.8 Å². The Balaban J connectivity index is 1.19. The van der Waals surface area contributed by atoms with E-state index in [1.165, 1.54) is 17.4 Å². The van der Waals surface area contributed by atoms with E-state index >= 15 is 4.39 Å². The van der Waals surface area contributed by atoms with Gasteiger partial charge >= 0.3 is 0 Å². The van der Waals surface area contributed by atoms with Gasteiger partial charge in [-0.25, -0.2) is 12.8 Å². The molecule has 2 saturated heterocycles. The summed E-state index contributed by atoms with van der Waals surface area (Å²) in [5.74, 6) is -0.276. The summed E-state index contributed by atoms with van der Waals surface area (Å²) in [6, 6.07) is 13.8. The highest BCUT2D eigenvalue weighted by Crippen LogP contribution is 2.53. The van der Waals surface area contributed by atoms with Gasteiger partial charge in [0.15, 0.2) is 0 Å². The van der Waals surface area contributed by atoms with Gasteiger partial charge in [0.05, 0.1) is 28.8 Å². The second-order valence-corrected chi connectivity index (χ2v) is 15.6. The molecule has 6 rings (SSSR count). The maximum atomic E-state index is 15.4. The summed E-state index contributed by atoms with van der Waals surface area (Å²) in [5, 5.41) is 2.13. The molecule has 0 bridgehead atoms.